The highest BCUT2D eigenvalue weighted by atomic mass is 16.5. The van der Waals surface area contributed by atoms with Crippen molar-refractivity contribution in [2.45, 2.75) is 45.7 Å². The lowest BCUT2D eigenvalue weighted by Gasteiger charge is -2.30. The molecule has 2 unspecified atom stereocenters. The fourth-order valence-corrected chi connectivity index (χ4v) is 2.97. The average Bonchev–Trinajstić information content (AvgIpc) is 3.31. The molecule has 2 atom stereocenters. The second-order valence-corrected chi connectivity index (χ2v) is 6.10. The van der Waals surface area contributed by atoms with E-state index >= 15 is 0 Å². The third-order valence-corrected chi connectivity index (χ3v) is 4.51. The molecule has 0 aromatic heterocycles. The molecule has 118 valence electrons. The Bertz CT molecular complexity index is 431. The third kappa shape index (κ3) is 4.45. The van der Waals surface area contributed by atoms with Crippen molar-refractivity contribution in [3.05, 3.63) is 29.8 Å². The predicted octanol–water partition coefficient (Wildman–Crippen LogP) is 3.47. The number of nitrogens with one attached hydrogen (secondary N) is 1. The first-order valence-corrected chi connectivity index (χ1v) is 8.32. The summed E-state index contributed by atoms with van der Waals surface area (Å²) in [6.45, 7) is 9.27. The van der Waals surface area contributed by atoms with E-state index in [9.17, 15) is 0 Å². The van der Waals surface area contributed by atoms with Crippen LogP contribution in [-0.2, 0) is 0 Å². The highest BCUT2D eigenvalue weighted by Gasteiger charge is 2.31. The van der Waals surface area contributed by atoms with Gasteiger partial charge < -0.3 is 15.0 Å². The zero-order chi connectivity index (χ0) is 15.2. The minimum absolute atomic E-state index is 0.323. The van der Waals surface area contributed by atoms with Crippen molar-refractivity contribution in [2.24, 2.45) is 5.92 Å². The number of hydrogen-bond acceptors (Lipinski definition) is 3. The van der Waals surface area contributed by atoms with E-state index in [1.807, 2.05) is 13.0 Å². The number of para-hydroxylation sites is 1. The van der Waals surface area contributed by atoms with Crippen LogP contribution in [0.4, 0.5) is 0 Å². The molecule has 1 aliphatic rings. The van der Waals surface area contributed by atoms with Crippen molar-refractivity contribution in [1.29, 1.82) is 0 Å². The van der Waals surface area contributed by atoms with Gasteiger partial charge in [-0.3, -0.25) is 0 Å². The highest BCUT2D eigenvalue weighted by molar-refractivity contribution is 5.36. The molecule has 0 saturated heterocycles. The van der Waals surface area contributed by atoms with Gasteiger partial charge in [-0.1, -0.05) is 25.1 Å². The number of hydrogen-bond donors (Lipinski definition) is 1. The molecule has 21 heavy (non-hydrogen) atoms. The van der Waals surface area contributed by atoms with E-state index in [4.69, 9.17) is 4.74 Å². The second kappa shape index (κ2) is 7.81. The minimum Gasteiger partial charge on any atom is -0.494 e. The fraction of sp³-hybridized carbons (Fsp3) is 0.667. The molecule has 0 spiro atoms. The number of likely N-dealkylation sites (N-methyl/N-ethyl adjacent to an activating group) is 2. The van der Waals surface area contributed by atoms with Crippen molar-refractivity contribution >= 4 is 0 Å². The van der Waals surface area contributed by atoms with Crippen LogP contribution in [0.2, 0.25) is 0 Å². The Hall–Kier alpha value is -1.06. The molecule has 1 aromatic carbocycles. The smallest absolute Gasteiger partial charge is 0.124 e. The van der Waals surface area contributed by atoms with E-state index in [-0.39, 0.29) is 0 Å². The molecule has 3 heteroatoms. The molecular formula is C18H30N2O. The number of benzene rings is 1. The van der Waals surface area contributed by atoms with E-state index in [1.165, 1.54) is 18.4 Å². The zero-order valence-electron chi connectivity index (χ0n) is 13.9. The maximum atomic E-state index is 5.81. The first kappa shape index (κ1) is 16.3. The van der Waals surface area contributed by atoms with Crippen LogP contribution in [0.15, 0.2) is 24.3 Å². The van der Waals surface area contributed by atoms with Gasteiger partial charge in [0, 0.05) is 24.2 Å². The summed E-state index contributed by atoms with van der Waals surface area (Å²) < 4.78 is 5.81. The van der Waals surface area contributed by atoms with Gasteiger partial charge in [0.2, 0.25) is 0 Å². The first-order chi connectivity index (χ1) is 10.2. The Balaban J connectivity index is 2.10. The van der Waals surface area contributed by atoms with Crippen LogP contribution in [-0.4, -0.2) is 37.7 Å². The SMILES string of the molecule is CCNC(CN(C)C(C)C1CC1)c1ccccc1OCC. The monoisotopic (exact) mass is 290 g/mol. The van der Waals surface area contributed by atoms with Gasteiger partial charge in [0.1, 0.15) is 5.75 Å². The van der Waals surface area contributed by atoms with E-state index in [1.54, 1.807) is 0 Å². The van der Waals surface area contributed by atoms with Gasteiger partial charge in [-0.05, 0) is 52.3 Å². The number of rotatable bonds is 9. The average molecular weight is 290 g/mol. The van der Waals surface area contributed by atoms with Gasteiger partial charge in [0.15, 0.2) is 0 Å². The van der Waals surface area contributed by atoms with Crippen molar-refractivity contribution in [2.75, 3.05) is 26.7 Å². The Labute approximate surface area is 129 Å². The molecule has 1 aromatic rings. The van der Waals surface area contributed by atoms with Gasteiger partial charge in [-0.2, -0.15) is 0 Å². The van der Waals surface area contributed by atoms with Gasteiger partial charge >= 0.3 is 0 Å². The zero-order valence-corrected chi connectivity index (χ0v) is 13.9. The van der Waals surface area contributed by atoms with E-state index in [0.717, 1.165) is 24.8 Å². The predicted molar refractivity (Wildman–Crippen MR) is 88.8 cm³/mol. The van der Waals surface area contributed by atoms with Gasteiger partial charge in [0.25, 0.3) is 0 Å². The normalized spacial score (nSPS) is 17.8. The van der Waals surface area contributed by atoms with Gasteiger partial charge in [-0.15, -0.1) is 0 Å². The molecule has 1 aliphatic carbocycles. The lowest BCUT2D eigenvalue weighted by molar-refractivity contribution is 0.208. The highest BCUT2D eigenvalue weighted by Crippen LogP contribution is 2.35. The molecule has 0 aliphatic heterocycles. The molecule has 1 saturated carbocycles. The molecule has 1 N–H and O–H groups in total. The van der Waals surface area contributed by atoms with Crippen LogP contribution in [0.25, 0.3) is 0 Å². The van der Waals surface area contributed by atoms with Crippen LogP contribution < -0.4 is 10.1 Å². The Kier molecular flexibility index (Phi) is 6.07. The van der Waals surface area contributed by atoms with Crippen molar-refractivity contribution < 1.29 is 4.74 Å². The second-order valence-electron chi connectivity index (χ2n) is 6.10. The first-order valence-electron chi connectivity index (χ1n) is 8.32. The van der Waals surface area contributed by atoms with E-state index in [0.29, 0.717) is 18.7 Å². The lowest BCUT2D eigenvalue weighted by Crippen LogP contribution is -2.38. The van der Waals surface area contributed by atoms with Crippen molar-refractivity contribution in [3.8, 4) is 5.75 Å². The molecule has 3 nitrogen and oxygen atoms in total. The Morgan fingerprint density at radius 2 is 2.00 bits per heavy atom. The molecule has 0 radical (unpaired) electrons. The van der Waals surface area contributed by atoms with Crippen molar-refractivity contribution in [3.63, 3.8) is 0 Å². The maximum Gasteiger partial charge on any atom is 0.124 e. The van der Waals surface area contributed by atoms with E-state index in [2.05, 4.69) is 49.3 Å². The summed E-state index contributed by atoms with van der Waals surface area (Å²) in [6, 6.07) is 9.41. The Morgan fingerprint density at radius 1 is 1.29 bits per heavy atom. The van der Waals surface area contributed by atoms with Crippen LogP contribution in [0.3, 0.4) is 0 Å². The van der Waals surface area contributed by atoms with Crippen LogP contribution in [0.5, 0.6) is 5.75 Å². The third-order valence-electron chi connectivity index (χ3n) is 4.51. The van der Waals surface area contributed by atoms with Crippen LogP contribution in [0.1, 0.15) is 45.2 Å². The van der Waals surface area contributed by atoms with Gasteiger partial charge in [0.05, 0.1) is 6.61 Å². The molecule has 2 rings (SSSR count). The summed E-state index contributed by atoms with van der Waals surface area (Å²) in [5, 5.41) is 3.62. The fourth-order valence-electron chi connectivity index (χ4n) is 2.97. The summed E-state index contributed by atoms with van der Waals surface area (Å²) in [6.07, 6.45) is 2.79. The summed E-state index contributed by atoms with van der Waals surface area (Å²) in [5.41, 5.74) is 1.27. The minimum atomic E-state index is 0.323. The quantitative estimate of drug-likeness (QED) is 0.753. The summed E-state index contributed by atoms with van der Waals surface area (Å²) in [7, 11) is 2.25. The summed E-state index contributed by atoms with van der Waals surface area (Å²) in [5.74, 6) is 1.91. The Morgan fingerprint density at radius 3 is 2.62 bits per heavy atom. The largest absolute Gasteiger partial charge is 0.494 e. The summed E-state index contributed by atoms with van der Waals surface area (Å²) in [4.78, 5) is 2.49. The van der Waals surface area contributed by atoms with Gasteiger partial charge in [-0.25, -0.2) is 0 Å². The molecular weight excluding hydrogens is 260 g/mol. The van der Waals surface area contributed by atoms with Crippen LogP contribution >= 0.6 is 0 Å². The number of ether oxygens (including phenoxy) is 1. The molecule has 1 fully saturated rings. The molecule has 0 amide bonds. The summed E-state index contributed by atoms with van der Waals surface area (Å²) >= 11 is 0. The topological polar surface area (TPSA) is 24.5 Å². The van der Waals surface area contributed by atoms with Crippen molar-refractivity contribution in [1.82, 2.24) is 10.2 Å². The number of nitrogens with zero attached hydrogens (tertiary/aromatic N) is 1. The molecule has 0 heterocycles. The molecule has 0 bridgehead atoms. The lowest BCUT2D eigenvalue weighted by atomic mass is 10.0. The van der Waals surface area contributed by atoms with E-state index < -0.39 is 0 Å². The van der Waals surface area contributed by atoms with Crippen LogP contribution in [0, 0.1) is 5.92 Å². The maximum absolute atomic E-state index is 5.81. The standard InChI is InChI=1S/C18H30N2O/c1-5-19-17(13-20(4)14(3)15-11-12-15)16-9-7-8-10-18(16)21-6-2/h7-10,14-15,17,19H,5-6,11-13H2,1-4H3.